The van der Waals surface area contributed by atoms with Gasteiger partial charge in [0.15, 0.2) is 0 Å². The van der Waals surface area contributed by atoms with Crippen LogP contribution in [0.5, 0.6) is 11.5 Å². The molecule has 25 heavy (non-hydrogen) atoms. The third-order valence-electron chi connectivity index (χ3n) is 3.41. The third-order valence-corrected chi connectivity index (χ3v) is 3.41. The number of nitrogens with one attached hydrogen (secondary N) is 2. The van der Waals surface area contributed by atoms with E-state index in [1.165, 1.54) is 19.4 Å². The Hall–Kier alpha value is -3.35. The highest BCUT2D eigenvalue weighted by Crippen LogP contribution is 2.12. The molecule has 0 bridgehead atoms. The number of methoxy groups -OCH3 is 1. The number of benzene rings is 2. The smallest absolute Gasteiger partial charge is 0.262 e. The van der Waals surface area contributed by atoms with Gasteiger partial charge < -0.3 is 15.2 Å². The number of amides is 2. The summed E-state index contributed by atoms with van der Waals surface area (Å²) in [4.78, 5) is 24.1. The van der Waals surface area contributed by atoms with Crippen LogP contribution in [0.3, 0.4) is 0 Å². The average Bonchev–Trinajstić information content (AvgIpc) is 2.63. The van der Waals surface area contributed by atoms with Gasteiger partial charge in [0.05, 0.1) is 13.3 Å². The van der Waals surface area contributed by atoms with E-state index in [4.69, 9.17) is 4.74 Å². The molecule has 0 saturated heterocycles. The maximum absolute atomic E-state index is 12.1. The Labute approximate surface area is 145 Å². The Balaban J connectivity index is 1.89. The maximum atomic E-state index is 12.1. The number of rotatable bonds is 6. The quantitative estimate of drug-likeness (QED) is 0.550. The fourth-order valence-electron chi connectivity index (χ4n) is 1.95. The first kappa shape index (κ1) is 18.0. The first-order valence-electron chi connectivity index (χ1n) is 7.57. The molecule has 0 heterocycles. The Kier molecular flexibility index (Phi) is 6.11. The van der Waals surface area contributed by atoms with Crippen molar-refractivity contribution in [2.45, 2.75) is 13.0 Å². The van der Waals surface area contributed by atoms with E-state index >= 15 is 0 Å². The van der Waals surface area contributed by atoms with Gasteiger partial charge in [-0.3, -0.25) is 9.59 Å². The van der Waals surface area contributed by atoms with Crippen LogP contribution in [-0.4, -0.2) is 36.3 Å². The molecule has 2 aromatic rings. The van der Waals surface area contributed by atoms with E-state index in [0.717, 1.165) is 0 Å². The Morgan fingerprint density at radius 3 is 2.48 bits per heavy atom. The van der Waals surface area contributed by atoms with Crippen molar-refractivity contribution in [1.82, 2.24) is 10.7 Å². The van der Waals surface area contributed by atoms with Gasteiger partial charge in [-0.25, -0.2) is 5.43 Å². The molecule has 0 aliphatic rings. The van der Waals surface area contributed by atoms with Gasteiger partial charge in [-0.15, -0.1) is 0 Å². The molecule has 0 spiro atoms. The molecule has 0 saturated carbocycles. The van der Waals surface area contributed by atoms with Crippen molar-refractivity contribution in [3.63, 3.8) is 0 Å². The Bertz CT molecular complexity index is 772. The van der Waals surface area contributed by atoms with Gasteiger partial charge in [-0.05, 0) is 43.3 Å². The molecule has 1 unspecified atom stereocenters. The van der Waals surface area contributed by atoms with Gasteiger partial charge in [0, 0.05) is 11.1 Å². The molecule has 130 valence electrons. The molecular weight excluding hydrogens is 322 g/mol. The monoisotopic (exact) mass is 341 g/mol. The van der Waals surface area contributed by atoms with Crippen LogP contribution in [0.15, 0.2) is 53.6 Å². The second-order valence-corrected chi connectivity index (χ2v) is 5.22. The van der Waals surface area contributed by atoms with Crippen molar-refractivity contribution in [3.8, 4) is 11.5 Å². The van der Waals surface area contributed by atoms with Crippen LogP contribution in [-0.2, 0) is 4.79 Å². The number of carbonyl (C=O) groups excluding carboxylic acids is 2. The van der Waals surface area contributed by atoms with Crippen molar-refractivity contribution in [1.29, 1.82) is 0 Å². The molecule has 7 nitrogen and oxygen atoms in total. The summed E-state index contributed by atoms with van der Waals surface area (Å²) in [6, 6.07) is 12.3. The molecule has 3 N–H and O–H groups in total. The lowest BCUT2D eigenvalue weighted by Crippen LogP contribution is -2.43. The number of carbonyl (C=O) groups is 2. The summed E-state index contributed by atoms with van der Waals surface area (Å²) >= 11 is 0. The van der Waals surface area contributed by atoms with E-state index in [1.54, 1.807) is 49.4 Å². The largest absolute Gasteiger partial charge is 0.507 e. The molecule has 7 heteroatoms. The molecule has 2 aromatic carbocycles. The van der Waals surface area contributed by atoms with Crippen molar-refractivity contribution >= 4 is 18.0 Å². The highest BCUT2D eigenvalue weighted by atomic mass is 16.5. The van der Waals surface area contributed by atoms with Crippen LogP contribution in [0.1, 0.15) is 22.8 Å². The molecule has 0 fully saturated rings. The topological polar surface area (TPSA) is 100 Å². The van der Waals surface area contributed by atoms with E-state index in [9.17, 15) is 14.7 Å². The van der Waals surface area contributed by atoms with E-state index in [-0.39, 0.29) is 11.7 Å². The predicted molar refractivity (Wildman–Crippen MR) is 93.8 cm³/mol. The maximum Gasteiger partial charge on any atom is 0.262 e. The zero-order chi connectivity index (χ0) is 18.2. The molecule has 0 aromatic heterocycles. The van der Waals surface area contributed by atoms with Gasteiger partial charge in [0.25, 0.3) is 11.8 Å². The number of phenolic OH excluding ortho intramolecular Hbond substituents is 1. The van der Waals surface area contributed by atoms with Crippen molar-refractivity contribution < 1.29 is 19.4 Å². The summed E-state index contributed by atoms with van der Waals surface area (Å²) in [7, 11) is 1.54. The Morgan fingerprint density at radius 2 is 1.84 bits per heavy atom. The first-order chi connectivity index (χ1) is 12.0. The first-order valence-corrected chi connectivity index (χ1v) is 7.57. The minimum Gasteiger partial charge on any atom is -0.507 e. The number of aromatic hydroxyl groups is 1. The van der Waals surface area contributed by atoms with E-state index < -0.39 is 11.9 Å². The zero-order valence-electron chi connectivity index (χ0n) is 13.9. The number of hydrogen-bond donors (Lipinski definition) is 3. The van der Waals surface area contributed by atoms with Gasteiger partial charge in [0.2, 0.25) is 0 Å². The minimum atomic E-state index is -0.781. The average molecular weight is 341 g/mol. The molecule has 2 amide bonds. The van der Waals surface area contributed by atoms with Gasteiger partial charge in [-0.1, -0.05) is 12.1 Å². The molecule has 1 atom stereocenters. The lowest BCUT2D eigenvalue weighted by Gasteiger charge is -2.12. The summed E-state index contributed by atoms with van der Waals surface area (Å²) in [5.41, 5.74) is 3.20. The van der Waals surface area contributed by atoms with Crippen molar-refractivity contribution in [2.24, 2.45) is 5.10 Å². The summed E-state index contributed by atoms with van der Waals surface area (Å²) in [5, 5.41) is 15.9. The van der Waals surface area contributed by atoms with Crippen LogP contribution in [0, 0.1) is 0 Å². The number of nitrogens with zero attached hydrogens (tertiary/aromatic N) is 1. The summed E-state index contributed by atoms with van der Waals surface area (Å²) in [6.07, 6.45) is 1.32. The van der Waals surface area contributed by atoms with Gasteiger partial charge >= 0.3 is 0 Å². The summed E-state index contributed by atoms with van der Waals surface area (Å²) in [5.74, 6) is -0.161. The third kappa shape index (κ3) is 5.07. The Morgan fingerprint density at radius 1 is 1.16 bits per heavy atom. The van der Waals surface area contributed by atoms with Crippen molar-refractivity contribution in [2.75, 3.05) is 7.11 Å². The summed E-state index contributed by atoms with van der Waals surface area (Å²) in [6.45, 7) is 1.55. The van der Waals surface area contributed by atoms with Crippen LogP contribution in [0.2, 0.25) is 0 Å². The van der Waals surface area contributed by atoms with Crippen LogP contribution < -0.4 is 15.5 Å². The number of para-hydroxylation sites is 1. The zero-order valence-corrected chi connectivity index (χ0v) is 13.9. The number of phenols is 1. The van der Waals surface area contributed by atoms with Gasteiger partial charge in [0.1, 0.15) is 17.5 Å². The van der Waals surface area contributed by atoms with Crippen LogP contribution in [0.4, 0.5) is 0 Å². The minimum absolute atomic E-state index is 0.0568. The lowest BCUT2D eigenvalue weighted by molar-refractivity contribution is -0.122. The second-order valence-electron chi connectivity index (χ2n) is 5.22. The fourth-order valence-corrected chi connectivity index (χ4v) is 1.95. The predicted octanol–water partition coefficient (Wildman–Crippen LogP) is 1.67. The van der Waals surface area contributed by atoms with E-state index in [1.807, 2.05) is 0 Å². The normalized spacial score (nSPS) is 11.8. The lowest BCUT2D eigenvalue weighted by atomic mass is 10.2. The number of ether oxygens (including phenoxy) is 1. The van der Waals surface area contributed by atoms with Gasteiger partial charge in [-0.2, -0.15) is 5.10 Å². The van der Waals surface area contributed by atoms with Crippen LogP contribution >= 0.6 is 0 Å². The number of hydrazone groups is 1. The summed E-state index contributed by atoms with van der Waals surface area (Å²) < 4.78 is 5.03. The highest BCUT2D eigenvalue weighted by Gasteiger charge is 2.16. The van der Waals surface area contributed by atoms with E-state index in [0.29, 0.717) is 16.9 Å². The molecule has 2 rings (SSSR count). The standard InChI is InChI=1S/C18H19N3O4/c1-12(20-18(24)13-7-9-15(25-2)10-8-13)17(23)21-19-11-14-5-3-4-6-16(14)22/h3-12,22H,1-2H3,(H,20,24)(H,21,23). The molecular formula is C18H19N3O4. The molecule has 0 aliphatic heterocycles. The molecule has 0 aliphatic carbocycles. The highest BCUT2D eigenvalue weighted by molar-refractivity contribution is 5.97. The molecule has 0 radical (unpaired) electrons. The van der Waals surface area contributed by atoms with Crippen molar-refractivity contribution in [3.05, 3.63) is 59.7 Å². The van der Waals surface area contributed by atoms with Crippen LogP contribution in [0.25, 0.3) is 0 Å². The SMILES string of the molecule is COc1ccc(C(=O)NC(C)C(=O)NN=Cc2ccccc2O)cc1. The van der Waals surface area contributed by atoms with E-state index in [2.05, 4.69) is 15.8 Å². The number of hydrogen-bond acceptors (Lipinski definition) is 5. The second kappa shape index (κ2) is 8.49. The fraction of sp³-hybridized carbons (Fsp3) is 0.167.